The number of hydrogen-bond donors (Lipinski definition) is 0. The molecule has 1 heterocycles. The van der Waals surface area contributed by atoms with Gasteiger partial charge in [0.1, 0.15) is 5.84 Å². The first-order valence-corrected chi connectivity index (χ1v) is 5.41. The van der Waals surface area contributed by atoms with Crippen molar-refractivity contribution in [2.24, 2.45) is 10.4 Å². The summed E-state index contributed by atoms with van der Waals surface area (Å²) in [6, 6.07) is 0. The largest absolute Gasteiger partial charge is 0.359 e. The fourth-order valence-corrected chi connectivity index (χ4v) is 2.24. The number of amidine groups is 1. The molecular weight excluding hydrogens is 188 g/mol. The Morgan fingerprint density at radius 2 is 2.00 bits per heavy atom. The molecule has 0 spiro atoms. The van der Waals surface area contributed by atoms with Gasteiger partial charge in [-0.2, -0.15) is 0 Å². The third-order valence-electron chi connectivity index (χ3n) is 3.21. The third kappa shape index (κ3) is 1.83. The molecule has 0 saturated carbocycles. The van der Waals surface area contributed by atoms with Crippen molar-refractivity contribution in [3.63, 3.8) is 0 Å². The quantitative estimate of drug-likeness (QED) is 0.607. The molecular formula is C12H18N2O. The van der Waals surface area contributed by atoms with Crippen LogP contribution in [0.1, 0.15) is 33.6 Å². The van der Waals surface area contributed by atoms with Gasteiger partial charge in [0.25, 0.3) is 0 Å². The van der Waals surface area contributed by atoms with Crippen molar-refractivity contribution in [3.8, 4) is 0 Å². The monoisotopic (exact) mass is 206 g/mol. The highest BCUT2D eigenvalue weighted by Crippen LogP contribution is 2.38. The van der Waals surface area contributed by atoms with Gasteiger partial charge in [-0.1, -0.05) is 13.8 Å². The number of hydrogen-bond acceptors (Lipinski definition) is 3. The van der Waals surface area contributed by atoms with E-state index < -0.39 is 0 Å². The van der Waals surface area contributed by atoms with E-state index in [2.05, 4.69) is 18.8 Å². The highest BCUT2D eigenvalue weighted by molar-refractivity contribution is 6.00. The van der Waals surface area contributed by atoms with Crippen molar-refractivity contribution >= 4 is 11.6 Å². The van der Waals surface area contributed by atoms with Gasteiger partial charge >= 0.3 is 0 Å². The van der Waals surface area contributed by atoms with Gasteiger partial charge in [0.15, 0.2) is 5.78 Å². The number of ketones is 1. The van der Waals surface area contributed by atoms with E-state index in [1.165, 1.54) is 0 Å². The van der Waals surface area contributed by atoms with E-state index in [0.29, 0.717) is 6.42 Å². The van der Waals surface area contributed by atoms with Crippen molar-refractivity contribution in [3.05, 3.63) is 11.3 Å². The molecule has 1 aliphatic heterocycles. The second kappa shape index (κ2) is 3.19. The molecule has 15 heavy (non-hydrogen) atoms. The maximum atomic E-state index is 11.9. The molecule has 0 aromatic rings. The Labute approximate surface area is 90.9 Å². The summed E-state index contributed by atoms with van der Waals surface area (Å²) in [5.41, 5.74) is 2.03. The normalized spacial score (nSPS) is 25.2. The van der Waals surface area contributed by atoms with Crippen LogP contribution >= 0.6 is 0 Å². The van der Waals surface area contributed by atoms with E-state index in [1.54, 1.807) is 0 Å². The predicted molar refractivity (Wildman–Crippen MR) is 60.8 cm³/mol. The molecule has 3 nitrogen and oxygen atoms in total. The molecule has 0 radical (unpaired) electrons. The molecule has 0 amide bonds. The van der Waals surface area contributed by atoms with Gasteiger partial charge < -0.3 is 4.90 Å². The zero-order valence-electron chi connectivity index (χ0n) is 9.92. The molecule has 2 aliphatic rings. The first-order valence-electron chi connectivity index (χ1n) is 5.41. The third-order valence-corrected chi connectivity index (χ3v) is 3.21. The van der Waals surface area contributed by atoms with Crippen LogP contribution in [0.3, 0.4) is 0 Å². The van der Waals surface area contributed by atoms with E-state index in [9.17, 15) is 4.79 Å². The summed E-state index contributed by atoms with van der Waals surface area (Å²) in [6.45, 7) is 7.01. The number of likely N-dealkylation sites (N-methyl/N-ethyl adjacent to an activating group) is 1. The van der Waals surface area contributed by atoms with Gasteiger partial charge in [-0.15, -0.1) is 0 Å². The van der Waals surface area contributed by atoms with Gasteiger partial charge in [0.05, 0.1) is 5.70 Å². The summed E-state index contributed by atoms with van der Waals surface area (Å²) >= 11 is 0. The van der Waals surface area contributed by atoms with Gasteiger partial charge in [-0.05, 0) is 18.8 Å². The van der Waals surface area contributed by atoms with E-state index in [1.807, 2.05) is 18.9 Å². The summed E-state index contributed by atoms with van der Waals surface area (Å²) in [7, 11) is 1.98. The average Bonchev–Trinajstić information content (AvgIpc) is 2.07. The Morgan fingerprint density at radius 1 is 1.33 bits per heavy atom. The first-order chi connectivity index (χ1) is 6.89. The van der Waals surface area contributed by atoms with Gasteiger partial charge in [-0.3, -0.25) is 4.79 Å². The summed E-state index contributed by atoms with van der Waals surface area (Å²) in [5.74, 6) is 1.30. The highest BCUT2D eigenvalue weighted by Gasteiger charge is 2.34. The zero-order valence-corrected chi connectivity index (χ0v) is 9.92. The molecule has 0 fully saturated rings. The molecule has 82 valence electrons. The lowest BCUT2D eigenvalue weighted by Gasteiger charge is -2.35. The molecule has 0 N–H and O–H groups in total. The van der Waals surface area contributed by atoms with Crippen LogP contribution in [0.5, 0.6) is 0 Å². The van der Waals surface area contributed by atoms with E-state index in [-0.39, 0.29) is 11.2 Å². The number of nitrogens with zero attached hydrogens (tertiary/aromatic N) is 2. The Kier molecular flexibility index (Phi) is 2.21. The molecule has 0 saturated heterocycles. The first kappa shape index (κ1) is 10.4. The minimum Gasteiger partial charge on any atom is -0.359 e. The molecule has 0 aromatic heterocycles. The molecule has 0 bridgehead atoms. The molecule has 1 aliphatic carbocycles. The lowest BCUT2D eigenvalue weighted by Crippen LogP contribution is -2.37. The smallest absolute Gasteiger partial charge is 0.163 e. The Morgan fingerprint density at radius 3 is 2.67 bits per heavy atom. The van der Waals surface area contributed by atoms with E-state index >= 15 is 0 Å². The van der Waals surface area contributed by atoms with Gasteiger partial charge in [0, 0.05) is 25.6 Å². The SMILES string of the molecule is CC1=NC2=C(CN1C)C(=O)CC(C)(C)C2. The zero-order chi connectivity index (χ0) is 11.2. The second-order valence-corrected chi connectivity index (χ2v) is 5.38. The minimum absolute atomic E-state index is 0.0790. The second-order valence-electron chi connectivity index (χ2n) is 5.38. The molecule has 0 atom stereocenters. The average molecular weight is 206 g/mol. The highest BCUT2D eigenvalue weighted by atomic mass is 16.1. The standard InChI is InChI=1S/C12H18N2O/c1-8-13-10-5-12(2,3)6-11(15)9(10)7-14(8)4/h5-7H2,1-4H3. The lowest BCUT2D eigenvalue weighted by molar-refractivity contribution is -0.118. The van der Waals surface area contributed by atoms with Crippen LogP contribution in [-0.4, -0.2) is 30.1 Å². The molecule has 0 aromatic carbocycles. The molecule has 3 heteroatoms. The summed E-state index contributed by atoms with van der Waals surface area (Å²) in [4.78, 5) is 18.5. The number of allylic oxidation sites excluding steroid dienone is 1. The van der Waals surface area contributed by atoms with Crippen LogP contribution in [0.25, 0.3) is 0 Å². The van der Waals surface area contributed by atoms with Crippen molar-refractivity contribution < 1.29 is 4.79 Å². The van der Waals surface area contributed by atoms with E-state index in [4.69, 9.17) is 0 Å². The maximum absolute atomic E-state index is 11.9. The Bertz CT molecular complexity index is 377. The number of aliphatic imine (C=N–C) groups is 1. The Hall–Kier alpha value is -1.12. The van der Waals surface area contributed by atoms with Gasteiger partial charge in [0.2, 0.25) is 0 Å². The topological polar surface area (TPSA) is 32.7 Å². The predicted octanol–water partition coefficient (Wildman–Crippen LogP) is 1.99. The van der Waals surface area contributed by atoms with Gasteiger partial charge in [-0.25, -0.2) is 4.99 Å². The number of Topliss-reactive ketones (excluding diaryl/α,β-unsaturated/α-hetero) is 1. The van der Waals surface area contributed by atoms with Crippen molar-refractivity contribution in [1.82, 2.24) is 4.90 Å². The summed E-state index contributed by atoms with van der Waals surface area (Å²) in [5, 5.41) is 0. The fourth-order valence-electron chi connectivity index (χ4n) is 2.24. The summed E-state index contributed by atoms with van der Waals surface area (Å²) < 4.78 is 0. The summed E-state index contributed by atoms with van der Waals surface area (Å²) in [6.07, 6.45) is 1.59. The minimum atomic E-state index is 0.0790. The number of carbonyl (C=O) groups is 1. The van der Waals surface area contributed by atoms with Crippen molar-refractivity contribution in [2.75, 3.05) is 13.6 Å². The van der Waals surface area contributed by atoms with Crippen LogP contribution in [0.2, 0.25) is 0 Å². The van der Waals surface area contributed by atoms with Crippen molar-refractivity contribution in [2.45, 2.75) is 33.6 Å². The van der Waals surface area contributed by atoms with Crippen LogP contribution in [-0.2, 0) is 4.79 Å². The van der Waals surface area contributed by atoms with Crippen LogP contribution in [0, 0.1) is 5.41 Å². The van der Waals surface area contributed by atoms with Crippen LogP contribution < -0.4 is 0 Å². The van der Waals surface area contributed by atoms with E-state index in [0.717, 1.165) is 30.1 Å². The maximum Gasteiger partial charge on any atom is 0.163 e. The molecule has 2 rings (SSSR count). The van der Waals surface area contributed by atoms with Crippen LogP contribution in [0.4, 0.5) is 0 Å². The Balaban J connectivity index is 2.39. The number of carbonyl (C=O) groups excluding carboxylic acids is 1. The molecule has 0 unspecified atom stereocenters. The lowest BCUT2D eigenvalue weighted by atomic mass is 9.75. The number of rotatable bonds is 0. The van der Waals surface area contributed by atoms with Crippen molar-refractivity contribution in [1.29, 1.82) is 0 Å². The van der Waals surface area contributed by atoms with Crippen LogP contribution in [0.15, 0.2) is 16.3 Å². The fraction of sp³-hybridized carbons (Fsp3) is 0.667.